The maximum absolute atomic E-state index is 13.2. The zero-order chi connectivity index (χ0) is 15.4. The molecule has 0 saturated carbocycles. The van der Waals surface area contributed by atoms with Gasteiger partial charge in [-0.05, 0) is 6.92 Å². The third-order valence-electron chi connectivity index (χ3n) is 2.28. The molecule has 1 aromatic carbocycles. The quantitative estimate of drug-likeness (QED) is 0.624. The van der Waals surface area contributed by atoms with E-state index in [1.54, 1.807) is 5.32 Å². The zero-order valence-electron chi connectivity index (χ0n) is 10.2. The molecule has 1 rings (SSSR count). The fourth-order valence-electron chi connectivity index (χ4n) is 1.34. The maximum atomic E-state index is 13.2. The Morgan fingerprint density at radius 1 is 1.25 bits per heavy atom. The molecule has 0 aliphatic rings. The van der Waals surface area contributed by atoms with Gasteiger partial charge in [-0.25, -0.2) is 22.8 Å². The fourth-order valence-corrected chi connectivity index (χ4v) is 1.34. The summed E-state index contributed by atoms with van der Waals surface area (Å²) >= 11 is 0. The van der Waals surface area contributed by atoms with Gasteiger partial charge in [0.25, 0.3) is 0 Å². The van der Waals surface area contributed by atoms with Crippen molar-refractivity contribution in [2.24, 2.45) is 0 Å². The molecule has 0 bridgehead atoms. The van der Waals surface area contributed by atoms with Gasteiger partial charge in [0.05, 0.1) is 11.8 Å². The third kappa shape index (κ3) is 3.85. The van der Waals surface area contributed by atoms with Crippen LogP contribution in [0.2, 0.25) is 0 Å². The van der Waals surface area contributed by atoms with Crippen molar-refractivity contribution in [2.45, 2.75) is 19.1 Å². The Labute approximate surface area is 111 Å². The van der Waals surface area contributed by atoms with E-state index in [-0.39, 0.29) is 6.07 Å². The van der Waals surface area contributed by atoms with Crippen LogP contribution in [0.4, 0.5) is 23.7 Å². The Morgan fingerprint density at radius 2 is 1.85 bits per heavy atom. The largest absolute Gasteiger partial charge is 0.480 e. The van der Waals surface area contributed by atoms with Crippen molar-refractivity contribution in [3.8, 4) is 0 Å². The summed E-state index contributed by atoms with van der Waals surface area (Å²) in [4.78, 5) is 22.1. The molecule has 2 amide bonds. The van der Waals surface area contributed by atoms with Gasteiger partial charge in [0.2, 0.25) is 0 Å². The molecule has 20 heavy (non-hydrogen) atoms. The summed E-state index contributed by atoms with van der Waals surface area (Å²) in [5, 5.41) is 21.4. The molecule has 4 N–H and O–H groups in total. The molecule has 0 aliphatic carbocycles. The first-order valence-corrected chi connectivity index (χ1v) is 5.35. The summed E-state index contributed by atoms with van der Waals surface area (Å²) in [5.74, 6) is -5.65. The average molecular weight is 292 g/mol. The topological polar surface area (TPSA) is 98.7 Å². The predicted molar refractivity (Wildman–Crippen MR) is 61.6 cm³/mol. The van der Waals surface area contributed by atoms with Gasteiger partial charge in [0, 0.05) is 12.1 Å². The SMILES string of the molecule is CC(O)C(NC(=O)Nc1cc(F)cc(F)c1F)C(=O)O. The molecule has 9 heteroatoms. The van der Waals surface area contributed by atoms with E-state index in [9.17, 15) is 22.8 Å². The lowest BCUT2D eigenvalue weighted by atomic mass is 10.2. The number of aliphatic carboxylic acids is 1. The van der Waals surface area contributed by atoms with Gasteiger partial charge in [-0.15, -0.1) is 0 Å². The van der Waals surface area contributed by atoms with Crippen molar-refractivity contribution in [3.63, 3.8) is 0 Å². The molecule has 0 radical (unpaired) electrons. The predicted octanol–water partition coefficient (Wildman–Crippen LogP) is 1.06. The van der Waals surface area contributed by atoms with Gasteiger partial charge in [0.15, 0.2) is 17.7 Å². The molecule has 0 spiro atoms. The molecule has 0 fully saturated rings. The normalized spacial score (nSPS) is 13.4. The van der Waals surface area contributed by atoms with Crippen LogP contribution in [0.25, 0.3) is 0 Å². The van der Waals surface area contributed by atoms with E-state index in [0.717, 1.165) is 6.92 Å². The summed E-state index contributed by atoms with van der Waals surface area (Å²) in [5.41, 5.74) is -0.797. The summed E-state index contributed by atoms with van der Waals surface area (Å²) in [6, 6.07) is -2.08. The first-order valence-electron chi connectivity index (χ1n) is 5.35. The molecule has 0 aromatic heterocycles. The highest BCUT2D eigenvalue weighted by molar-refractivity contribution is 5.92. The van der Waals surface area contributed by atoms with Crippen molar-refractivity contribution >= 4 is 17.7 Å². The lowest BCUT2D eigenvalue weighted by Gasteiger charge is -2.17. The number of aliphatic hydroxyl groups is 1. The Kier molecular flexibility index (Phi) is 4.92. The van der Waals surface area contributed by atoms with E-state index < -0.39 is 47.3 Å². The minimum Gasteiger partial charge on any atom is -0.480 e. The highest BCUT2D eigenvalue weighted by Gasteiger charge is 2.25. The second-order valence-corrected chi connectivity index (χ2v) is 3.90. The van der Waals surface area contributed by atoms with Gasteiger partial charge >= 0.3 is 12.0 Å². The molecule has 0 aliphatic heterocycles. The highest BCUT2D eigenvalue weighted by atomic mass is 19.2. The second kappa shape index (κ2) is 6.24. The summed E-state index contributed by atoms with van der Waals surface area (Å²) in [6.45, 7) is 1.11. The van der Waals surface area contributed by atoms with Crippen LogP contribution in [0.1, 0.15) is 6.92 Å². The van der Waals surface area contributed by atoms with Crippen molar-refractivity contribution in [1.29, 1.82) is 0 Å². The molecule has 6 nitrogen and oxygen atoms in total. The maximum Gasteiger partial charge on any atom is 0.328 e. The van der Waals surface area contributed by atoms with Gasteiger partial charge < -0.3 is 20.8 Å². The molecule has 2 unspecified atom stereocenters. The smallest absolute Gasteiger partial charge is 0.328 e. The summed E-state index contributed by atoms with van der Waals surface area (Å²) < 4.78 is 39.0. The number of hydrogen-bond donors (Lipinski definition) is 4. The minimum atomic E-state index is -1.66. The van der Waals surface area contributed by atoms with Crippen LogP contribution in [0.3, 0.4) is 0 Å². The first-order chi connectivity index (χ1) is 9.22. The van der Waals surface area contributed by atoms with Crippen LogP contribution in [0.5, 0.6) is 0 Å². The van der Waals surface area contributed by atoms with Crippen molar-refractivity contribution in [3.05, 3.63) is 29.6 Å². The Hall–Kier alpha value is -2.29. The number of carbonyl (C=O) groups is 2. The standard InChI is InChI=1S/C11H11F3N2O4/c1-4(17)9(10(18)19)16-11(20)15-7-3-5(12)2-6(13)8(7)14/h2-4,9,17H,1H3,(H,18,19)(H2,15,16,20). The number of hydrogen-bond acceptors (Lipinski definition) is 3. The van der Waals surface area contributed by atoms with E-state index in [0.29, 0.717) is 6.07 Å². The second-order valence-electron chi connectivity index (χ2n) is 3.90. The third-order valence-corrected chi connectivity index (χ3v) is 2.28. The van der Waals surface area contributed by atoms with Gasteiger partial charge in [-0.3, -0.25) is 0 Å². The Balaban J connectivity index is 2.84. The molecule has 0 heterocycles. The number of carbonyl (C=O) groups excluding carboxylic acids is 1. The molecule has 110 valence electrons. The minimum absolute atomic E-state index is 0.286. The molecular formula is C11H11F3N2O4. The van der Waals surface area contributed by atoms with E-state index in [2.05, 4.69) is 0 Å². The van der Waals surface area contributed by atoms with E-state index >= 15 is 0 Å². The number of aliphatic hydroxyl groups excluding tert-OH is 1. The molecule has 2 atom stereocenters. The van der Waals surface area contributed by atoms with Gasteiger partial charge in [-0.1, -0.05) is 0 Å². The number of anilines is 1. The monoisotopic (exact) mass is 292 g/mol. The number of rotatable bonds is 4. The van der Waals surface area contributed by atoms with Gasteiger partial charge in [0.1, 0.15) is 5.82 Å². The van der Waals surface area contributed by atoms with E-state index in [1.807, 2.05) is 5.32 Å². The van der Waals surface area contributed by atoms with Crippen LogP contribution in [0, 0.1) is 17.5 Å². The van der Waals surface area contributed by atoms with Crippen LogP contribution in [0.15, 0.2) is 12.1 Å². The lowest BCUT2D eigenvalue weighted by molar-refractivity contribution is -0.141. The van der Waals surface area contributed by atoms with Crippen LogP contribution in [-0.4, -0.2) is 34.4 Å². The molecule has 0 saturated heterocycles. The number of carboxylic acids is 1. The van der Waals surface area contributed by atoms with Crippen LogP contribution in [-0.2, 0) is 4.79 Å². The average Bonchev–Trinajstić information content (AvgIpc) is 2.31. The Morgan fingerprint density at radius 3 is 2.35 bits per heavy atom. The molecule has 1 aromatic rings. The van der Waals surface area contributed by atoms with Crippen LogP contribution < -0.4 is 10.6 Å². The molecular weight excluding hydrogens is 281 g/mol. The van der Waals surface area contributed by atoms with E-state index in [4.69, 9.17) is 10.2 Å². The zero-order valence-corrected chi connectivity index (χ0v) is 10.2. The summed E-state index contributed by atoms with van der Waals surface area (Å²) in [6.07, 6.45) is -1.42. The van der Waals surface area contributed by atoms with Crippen molar-refractivity contribution in [2.75, 3.05) is 5.32 Å². The number of carboxylic acid groups (broad SMARTS) is 1. The van der Waals surface area contributed by atoms with E-state index in [1.165, 1.54) is 0 Å². The number of nitrogens with one attached hydrogen (secondary N) is 2. The number of halogens is 3. The highest BCUT2D eigenvalue weighted by Crippen LogP contribution is 2.18. The summed E-state index contributed by atoms with van der Waals surface area (Å²) in [7, 11) is 0. The van der Waals surface area contributed by atoms with Gasteiger partial charge in [-0.2, -0.15) is 0 Å². The number of benzene rings is 1. The van der Waals surface area contributed by atoms with Crippen molar-refractivity contribution in [1.82, 2.24) is 5.32 Å². The number of urea groups is 1. The lowest BCUT2D eigenvalue weighted by Crippen LogP contribution is -2.49. The Bertz CT molecular complexity index is 537. The first kappa shape index (κ1) is 15.8. The fraction of sp³-hybridized carbons (Fsp3) is 0.273. The van der Waals surface area contributed by atoms with Crippen molar-refractivity contribution < 1.29 is 33.0 Å². The van der Waals surface area contributed by atoms with Crippen LogP contribution >= 0.6 is 0 Å². The number of amides is 2.